The van der Waals surface area contributed by atoms with Gasteiger partial charge in [-0.2, -0.15) is 0 Å². The molecule has 3 amide bonds. The van der Waals surface area contributed by atoms with Gasteiger partial charge in [0.25, 0.3) is 0 Å². The molecule has 3 N–H and O–H groups in total. The summed E-state index contributed by atoms with van der Waals surface area (Å²) < 4.78 is 0. The Morgan fingerprint density at radius 2 is 1.90 bits per heavy atom. The minimum Gasteiger partial charge on any atom is -0.356 e. The van der Waals surface area contributed by atoms with Crippen LogP contribution in [0.15, 0.2) is 36.4 Å². The van der Waals surface area contributed by atoms with E-state index in [1.165, 1.54) is 6.08 Å². The van der Waals surface area contributed by atoms with Crippen molar-refractivity contribution in [3.63, 3.8) is 0 Å². The summed E-state index contributed by atoms with van der Waals surface area (Å²) in [5.41, 5.74) is 0.298. The Kier molecular flexibility index (Phi) is 8.33. The van der Waals surface area contributed by atoms with Crippen molar-refractivity contribution in [1.82, 2.24) is 16.0 Å². The van der Waals surface area contributed by atoms with Crippen molar-refractivity contribution in [2.45, 2.75) is 52.1 Å². The number of hydrogen-bond donors (Lipinski definition) is 3. The summed E-state index contributed by atoms with van der Waals surface area (Å²) >= 11 is 0. The zero-order valence-electron chi connectivity index (χ0n) is 17.8. The van der Waals surface area contributed by atoms with Crippen molar-refractivity contribution in [3.05, 3.63) is 42.0 Å². The van der Waals surface area contributed by atoms with Crippen LogP contribution >= 0.6 is 0 Å². The van der Waals surface area contributed by atoms with E-state index in [4.69, 9.17) is 0 Å². The quantitative estimate of drug-likeness (QED) is 0.447. The van der Waals surface area contributed by atoms with Crippen molar-refractivity contribution < 1.29 is 19.2 Å². The van der Waals surface area contributed by atoms with E-state index >= 15 is 0 Å². The Balaban J connectivity index is 2.01. The van der Waals surface area contributed by atoms with Crippen molar-refractivity contribution >= 4 is 30.1 Å². The molecule has 1 aliphatic rings. The normalized spacial score (nSPS) is 18.9. The molecule has 1 aliphatic heterocycles. The van der Waals surface area contributed by atoms with E-state index in [2.05, 4.69) is 16.0 Å². The number of piperidine rings is 1. The lowest BCUT2D eigenvalue weighted by atomic mass is 9.85. The van der Waals surface area contributed by atoms with Gasteiger partial charge in [-0.15, -0.1) is 0 Å². The molecular weight excluding hydrogens is 382 g/mol. The largest absolute Gasteiger partial charge is 0.356 e. The zero-order valence-corrected chi connectivity index (χ0v) is 17.8. The van der Waals surface area contributed by atoms with Crippen LogP contribution in [-0.2, 0) is 19.2 Å². The predicted molar refractivity (Wildman–Crippen MR) is 115 cm³/mol. The lowest BCUT2D eigenvalue weighted by Crippen LogP contribution is -2.56. The summed E-state index contributed by atoms with van der Waals surface area (Å²) in [6.45, 7) is 6.15. The number of rotatable bonds is 8. The maximum Gasteiger partial charge on any atom is 0.244 e. The first-order valence-electron chi connectivity index (χ1n) is 10.3. The molecule has 7 nitrogen and oxygen atoms in total. The fourth-order valence-corrected chi connectivity index (χ4v) is 3.38. The van der Waals surface area contributed by atoms with Gasteiger partial charge in [0.2, 0.25) is 17.7 Å². The number of carbonyl (C=O) groups excluding carboxylic acids is 4. The van der Waals surface area contributed by atoms with E-state index in [9.17, 15) is 19.2 Å². The van der Waals surface area contributed by atoms with E-state index in [1.807, 2.05) is 51.1 Å². The molecule has 7 heteroatoms. The highest BCUT2D eigenvalue weighted by Gasteiger charge is 2.34. The second kappa shape index (κ2) is 10.7. The lowest BCUT2D eigenvalue weighted by Gasteiger charge is -2.31. The van der Waals surface area contributed by atoms with E-state index in [1.54, 1.807) is 6.08 Å². The number of nitrogens with one attached hydrogen (secondary N) is 3. The van der Waals surface area contributed by atoms with Crippen LogP contribution in [0.1, 0.15) is 45.6 Å². The molecule has 0 radical (unpaired) electrons. The first-order chi connectivity index (χ1) is 14.2. The molecule has 1 aromatic carbocycles. The van der Waals surface area contributed by atoms with Gasteiger partial charge in [0.05, 0.1) is 6.04 Å². The number of hydrogen-bond acceptors (Lipinski definition) is 4. The van der Waals surface area contributed by atoms with Gasteiger partial charge in [0.1, 0.15) is 12.3 Å². The third-order valence-corrected chi connectivity index (χ3v) is 5.07. The zero-order chi connectivity index (χ0) is 22.1. The maximum atomic E-state index is 12.9. The van der Waals surface area contributed by atoms with E-state index in [-0.39, 0.29) is 18.2 Å². The number of amides is 3. The van der Waals surface area contributed by atoms with Crippen LogP contribution in [0, 0.1) is 11.3 Å². The van der Waals surface area contributed by atoms with E-state index in [0.29, 0.717) is 19.3 Å². The van der Waals surface area contributed by atoms with Crippen molar-refractivity contribution in [2.24, 2.45) is 11.3 Å². The molecule has 0 spiro atoms. The van der Waals surface area contributed by atoms with Crippen LogP contribution in [0.2, 0.25) is 0 Å². The number of carbonyl (C=O) groups is 4. The fraction of sp³-hybridized carbons (Fsp3) is 0.478. The summed E-state index contributed by atoms with van der Waals surface area (Å²) in [7, 11) is 0. The lowest BCUT2D eigenvalue weighted by molar-refractivity contribution is -0.132. The maximum absolute atomic E-state index is 12.9. The second-order valence-electron chi connectivity index (χ2n) is 8.67. The third kappa shape index (κ3) is 7.13. The first kappa shape index (κ1) is 23.3. The Morgan fingerprint density at radius 1 is 1.20 bits per heavy atom. The highest BCUT2D eigenvalue weighted by molar-refractivity contribution is 5.96. The van der Waals surface area contributed by atoms with Crippen LogP contribution < -0.4 is 16.0 Å². The van der Waals surface area contributed by atoms with Gasteiger partial charge in [-0.3, -0.25) is 14.4 Å². The van der Waals surface area contributed by atoms with Crippen LogP contribution in [0.25, 0.3) is 6.08 Å². The number of aldehydes is 1. The second-order valence-corrected chi connectivity index (χ2v) is 8.67. The molecule has 1 aromatic rings. The molecule has 0 aromatic heterocycles. The van der Waals surface area contributed by atoms with Gasteiger partial charge in [-0.1, -0.05) is 51.1 Å². The molecule has 162 valence electrons. The Bertz CT molecular complexity index is 783. The Labute approximate surface area is 177 Å². The smallest absolute Gasteiger partial charge is 0.244 e. The van der Waals surface area contributed by atoms with Crippen molar-refractivity contribution in [3.8, 4) is 0 Å². The van der Waals surface area contributed by atoms with E-state index < -0.39 is 29.3 Å². The monoisotopic (exact) mass is 413 g/mol. The minimum absolute atomic E-state index is 0.0888. The SMILES string of the molecule is CC(C)(C)[C@H](NC(=O)/C=C/c1ccccc1)C(=O)N[C@H](C=O)C[C@@H]1CCCNC1=O. The van der Waals surface area contributed by atoms with Crippen LogP contribution in [0.3, 0.4) is 0 Å². The van der Waals surface area contributed by atoms with Crippen LogP contribution in [0.4, 0.5) is 0 Å². The molecule has 30 heavy (non-hydrogen) atoms. The Hall–Kier alpha value is -2.96. The molecule has 1 saturated heterocycles. The molecule has 1 fully saturated rings. The first-order valence-corrected chi connectivity index (χ1v) is 10.3. The minimum atomic E-state index is -0.840. The summed E-state index contributed by atoms with van der Waals surface area (Å²) in [4.78, 5) is 48.8. The summed E-state index contributed by atoms with van der Waals surface area (Å²) in [6.07, 6.45) is 5.49. The van der Waals surface area contributed by atoms with Crippen LogP contribution in [-0.4, -0.2) is 42.6 Å². The molecule has 0 aliphatic carbocycles. The van der Waals surface area contributed by atoms with Gasteiger partial charge in [-0.25, -0.2) is 0 Å². The average Bonchev–Trinajstić information content (AvgIpc) is 2.71. The topological polar surface area (TPSA) is 104 Å². The van der Waals surface area contributed by atoms with Crippen LogP contribution in [0.5, 0.6) is 0 Å². The van der Waals surface area contributed by atoms with Crippen molar-refractivity contribution in [2.75, 3.05) is 6.54 Å². The molecule has 2 rings (SSSR count). The van der Waals surface area contributed by atoms with Gasteiger partial charge in [-0.05, 0) is 36.3 Å². The molecule has 3 atom stereocenters. The number of benzene rings is 1. The third-order valence-electron chi connectivity index (χ3n) is 5.07. The standard InChI is InChI=1S/C23H31N3O4/c1-23(2,3)20(26-19(28)12-11-16-8-5-4-6-9-16)22(30)25-18(15-27)14-17-10-7-13-24-21(17)29/h4-6,8-9,11-12,15,17-18,20H,7,10,13-14H2,1-3H3,(H,24,29)(H,25,30)(H,26,28)/b12-11+/t17-,18-,20+/m0/s1. The van der Waals surface area contributed by atoms with Gasteiger partial charge in [0, 0.05) is 18.5 Å². The Morgan fingerprint density at radius 3 is 2.50 bits per heavy atom. The molecular formula is C23H31N3O4. The van der Waals surface area contributed by atoms with Crippen molar-refractivity contribution in [1.29, 1.82) is 0 Å². The van der Waals surface area contributed by atoms with Gasteiger partial charge in [0.15, 0.2) is 0 Å². The van der Waals surface area contributed by atoms with E-state index in [0.717, 1.165) is 12.0 Å². The molecule has 0 saturated carbocycles. The molecule has 0 unspecified atom stereocenters. The highest BCUT2D eigenvalue weighted by Crippen LogP contribution is 2.21. The summed E-state index contributed by atoms with van der Waals surface area (Å²) in [5.74, 6) is -1.24. The summed E-state index contributed by atoms with van der Waals surface area (Å²) in [5, 5.41) is 8.21. The van der Waals surface area contributed by atoms with Gasteiger partial charge >= 0.3 is 0 Å². The predicted octanol–water partition coefficient (Wildman–Crippen LogP) is 1.83. The molecule has 0 bridgehead atoms. The average molecular weight is 414 g/mol. The summed E-state index contributed by atoms with van der Waals surface area (Å²) in [6, 6.07) is 7.74. The molecule has 1 heterocycles. The fourth-order valence-electron chi connectivity index (χ4n) is 3.38. The highest BCUT2D eigenvalue weighted by atomic mass is 16.2. The van der Waals surface area contributed by atoms with Gasteiger partial charge < -0.3 is 20.7 Å².